The minimum absolute atomic E-state index is 0. The van der Waals surface area contributed by atoms with Crippen LogP contribution in [0.3, 0.4) is 0 Å². The fourth-order valence-corrected chi connectivity index (χ4v) is 5.48. The van der Waals surface area contributed by atoms with Crippen LogP contribution in [0.25, 0.3) is 55.6 Å². The SMILES string of the molecule is CC(=O)/C=C(/C)O.[Ir].[c-]1ccccc1-c1ncc2cc(-n3c4ccccc4c4ccccc43)cc3c2c1CC=C3. The second kappa shape index (κ2) is 11.4. The van der Waals surface area contributed by atoms with Crippen molar-refractivity contribution < 1.29 is 30.0 Å². The van der Waals surface area contributed by atoms with Crippen LogP contribution >= 0.6 is 0 Å². The van der Waals surface area contributed by atoms with Crippen molar-refractivity contribution in [2.45, 2.75) is 20.3 Å². The van der Waals surface area contributed by atoms with Gasteiger partial charge >= 0.3 is 0 Å². The van der Waals surface area contributed by atoms with E-state index in [0.717, 1.165) is 17.7 Å². The fraction of sp³-hybridized carbons (Fsp3) is 0.0857. The van der Waals surface area contributed by atoms with Crippen LogP contribution in [0.15, 0.2) is 109 Å². The van der Waals surface area contributed by atoms with Crippen LogP contribution in [-0.4, -0.2) is 20.4 Å². The summed E-state index contributed by atoms with van der Waals surface area (Å²) in [5.41, 5.74) is 8.25. The number of benzene rings is 4. The van der Waals surface area contributed by atoms with Crippen LogP contribution in [0.5, 0.6) is 0 Å². The molecule has 5 heteroatoms. The maximum Gasteiger partial charge on any atom is 0.155 e. The number of carbonyl (C=O) groups excluding carboxylic acids is 1. The summed E-state index contributed by atoms with van der Waals surface area (Å²) in [5, 5.41) is 13.4. The molecule has 6 aromatic rings. The quantitative estimate of drug-likeness (QED) is 0.115. The van der Waals surface area contributed by atoms with Crippen LogP contribution in [0, 0.1) is 6.07 Å². The molecule has 4 aromatic carbocycles. The van der Waals surface area contributed by atoms with Crippen molar-refractivity contribution in [2.24, 2.45) is 0 Å². The third-order valence-electron chi connectivity index (χ3n) is 6.94. The van der Waals surface area contributed by atoms with Crippen molar-refractivity contribution in [3.8, 4) is 16.9 Å². The van der Waals surface area contributed by atoms with Gasteiger partial charge < -0.3 is 14.7 Å². The fourth-order valence-electron chi connectivity index (χ4n) is 5.48. The summed E-state index contributed by atoms with van der Waals surface area (Å²) in [4.78, 5) is 14.9. The van der Waals surface area contributed by atoms with Gasteiger partial charge in [-0.05, 0) is 61.2 Å². The zero-order valence-electron chi connectivity index (χ0n) is 22.2. The van der Waals surface area contributed by atoms with E-state index in [1.165, 1.54) is 69.3 Å². The molecule has 1 N–H and O–H groups in total. The molecular formula is C35H27IrN2O2-. The summed E-state index contributed by atoms with van der Waals surface area (Å²) in [6.07, 6.45) is 8.59. The van der Waals surface area contributed by atoms with E-state index < -0.39 is 0 Å². The largest absolute Gasteiger partial charge is 0.512 e. The van der Waals surface area contributed by atoms with Gasteiger partial charge in [-0.3, -0.25) is 4.79 Å². The van der Waals surface area contributed by atoms with E-state index in [9.17, 15) is 4.79 Å². The molecule has 2 heterocycles. The smallest absolute Gasteiger partial charge is 0.155 e. The molecule has 0 fully saturated rings. The Balaban J connectivity index is 0.000000362. The monoisotopic (exact) mass is 700 g/mol. The Hall–Kier alpha value is -4.31. The van der Waals surface area contributed by atoms with Crippen molar-refractivity contribution in [3.05, 3.63) is 126 Å². The van der Waals surface area contributed by atoms with Crippen LogP contribution in [0.1, 0.15) is 25.0 Å². The summed E-state index contributed by atoms with van der Waals surface area (Å²) in [7, 11) is 0. The molecule has 1 radical (unpaired) electrons. The summed E-state index contributed by atoms with van der Waals surface area (Å²) in [6, 6.07) is 33.3. The molecule has 0 aliphatic heterocycles. The standard InChI is InChI=1S/C30H19N2.C5H8O2.Ir/c1-2-9-20(10-3-1)30-26-14-8-11-21-17-23(18-22(19-31-30)29(21)26)32-27-15-6-4-12-24(27)25-13-5-7-16-28(25)32;1-4(6)3-5(2)7;/h1-9,11-13,15-19H,14H2;3,6H,1-2H3;/q-1;;/b;4-3-;. The summed E-state index contributed by atoms with van der Waals surface area (Å²) in [6.45, 7) is 2.85. The topological polar surface area (TPSA) is 55.1 Å². The first kappa shape index (κ1) is 27.3. The van der Waals surface area contributed by atoms with Crippen LogP contribution in [-0.2, 0) is 31.3 Å². The number of carbonyl (C=O) groups is 1. The molecule has 0 unspecified atom stereocenters. The molecule has 2 aromatic heterocycles. The van der Waals surface area contributed by atoms with Gasteiger partial charge in [0.15, 0.2) is 5.78 Å². The van der Waals surface area contributed by atoms with E-state index >= 15 is 0 Å². The summed E-state index contributed by atoms with van der Waals surface area (Å²) >= 11 is 0. The van der Waals surface area contributed by atoms with E-state index in [0.29, 0.717) is 0 Å². The summed E-state index contributed by atoms with van der Waals surface area (Å²) < 4.78 is 2.38. The van der Waals surface area contributed by atoms with Crippen molar-refractivity contribution in [2.75, 3.05) is 0 Å². The number of aromatic nitrogens is 2. The number of hydrogen-bond acceptors (Lipinski definition) is 3. The molecule has 199 valence electrons. The minimum Gasteiger partial charge on any atom is -0.512 e. The number of rotatable bonds is 3. The number of fused-ring (bicyclic) bond motifs is 3. The first-order valence-corrected chi connectivity index (χ1v) is 13.0. The molecule has 0 spiro atoms. The predicted octanol–water partition coefficient (Wildman–Crippen LogP) is 8.40. The maximum absolute atomic E-state index is 10.0. The van der Waals surface area contributed by atoms with Gasteiger partial charge in [-0.1, -0.05) is 54.1 Å². The Morgan fingerprint density at radius 2 is 1.62 bits per heavy atom. The predicted molar refractivity (Wildman–Crippen MR) is 160 cm³/mol. The van der Waals surface area contributed by atoms with E-state index in [1.54, 1.807) is 0 Å². The number of para-hydroxylation sites is 2. The maximum atomic E-state index is 10.0. The second-order valence-electron chi connectivity index (χ2n) is 9.73. The molecule has 0 amide bonds. The Morgan fingerprint density at radius 1 is 0.950 bits per heavy atom. The van der Waals surface area contributed by atoms with Crippen molar-refractivity contribution in [1.29, 1.82) is 0 Å². The van der Waals surface area contributed by atoms with Gasteiger partial charge in [-0.25, -0.2) is 0 Å². The van der Waals surface area contributed by atoms with Gasteiger partial charge in [-0.15, -0.1) is 35.9 Å². The zero-order chi connectivity index (χ0) is 26.9. The molecule has 4 nitrogen and oxygen atoms in total. The third kappa shape index (κ3) is 5.02. The Morgan fingerprint density at radius 3 is 2.23 bits per heavy atom. The molecule has 7 rings (SSSR count). The third-order valence-corrected chi connectivity index (χ3v) is 6.94. The second-order valence-corrected chi connectivity index (χ2v) is 9.73. The average Bonchev–Trinajstić information content (AvgIpc) is 3.28. The Kier molecular flexibility index (Phi) is 7.79. The number of ketones is 1. The molecule has 0 saturated carbocycles. The van der Waals surface area contributed by atoms with Gasteiger partial charge in [0.1, 0.15) is 0 Å². The van der Waals surface area contributed by atoms with Crippen LogP contribution in [0.4, 0.5) is 0 Å². The molecule has 1 aliphatic carbocycles. The van der Waals surface area contributed by atoms with Crippen molar-refractivity contribution in [1.82, 2.24) is 9.55 Å². The van der Waals surface area contributed by atoms with E-state index in [4.69, 9.17) is 10.1 Å². The van der Waals surface area contributed by atoms with Crippen LogP contribution < -0.4 is 0 Å². The molecule has 0 bridgehead atoms. The molecule has 0 saturated heterocycles. The van der Waals surface area contributed by atoms with Gasteiger partial charge in [0.05, 0.1) is 16.8 Å². The normalized spacial score (nSPS) is 12.2. The van der Waals surface area contributed by atoms with Gasteiger partial charge in [0, 0.05) is 54.2 Å². The van der Waals surface area contributed by atoms with Gasteiger partial charge in [0.2, 0.25) is 0 Å². The zero-order valence-corrected chi connectivity index (χ0v) is 24.6. The average molecular weight is 700 g/mol. The van der Waals surface area contributed by atoms with E-state index in [2.05, 4.69) is 95.6 Å². The number of aliphatic hydroxyl groups is 1. The number of nitrogens with zero attached hydrogens (tertiary/aromatic N) is 2. The molecular weight excluding hydrogens is 673 g/mol. The number of aliphatic hydroxyl groups excluding tert-OH is 1. The molecule has 0 atom stereocenters. The van der Waals surface area contributed by atoms with E-state index in [-0.39, 0.29) is 31.6 Å². The minimum atomic E-state index is -0.125. The first-order chi connectivity index (χ1) is 19.0. The summed E-state index contributed by atoms with van der Waals surface area (Å²) in [5.74, 6) is -0.0625. The Bertz CT molecular complexity index is 1880. The Labute approximate surface area is 246 Å². The van der Waals surface area contributed by atoms with E-state index in [1.807, 2.05) is 18.3 Å². The number of allylic oxidation sites excluding steroid dienone is 3. The molecule has 40 heavy (non-hydrogen) atoms. The molecule has 1 aliphatic rings. The number of pyridine rings is 1. The number of hydrogen-bond donors (Lipinski definition) is 1. The van der Waals surface area contributed by atoms with Gasteiger partial charge in [0.25, 0.3) is 0 Å². The van der Waals surface area contributed by atoms with Crippen molar-refractivity contribution in [3.63, 3.8) is 0 Å². The van der Waals surface area contributed by atoms with Crippen LogP contribution in [0.2, 0.25) is 0 Å². The van der Waals surface area contributed by atoms with Gasteiger partial charge in [-0.2, -0.15) is 0 Å². The van der Waals surface area contributed by atoms with Crippen molar-refractivity contribution >= 4 is 44.4 Å². The first-order valence-electron chi connectivity index (χ1n) is 13.0.